The zero-order chi connectivity index (χ0) is 13.3. The number of amides is 1. The molecule has 0 radical (unpaired) electrons. The van der Waals surface area contributed by atoms with Gasteiger partial charge in [0.05, 0.1) is 5.56 Å². The Morgan fingerprint density at radius 3 is 2.61 bits per heavy atom. The van der Waals surface area contributed by atoms with E-state index < -0.39 is 5.97 Å². The number of aromatic nitrogens is 1. The summed E-state index contributed by atoms with van der Waals surface area (Å²) >= 11 is 0. The van der Waals surface area contributed by atoms with Gasteiger partial charge < -0.3 is 15.0 Å². The molecule has 2 N–H and O–H groups in total. The molecule has 1 heterocycles. The first-order valence-corrected chi connectivity index (χ1v) is 6.18. The van der Waals surface area contributed by atoms with Crippen LogP contribution in [0.15, 0.2) is 6.07 Å². The van der Waals surface area contributed by atoms with Crippen molar-refractivity contribution in [2.75, 3.05) is 0 Å². The Labute approximate surface area is 106 Å². The Kier molecular flexibility index (Phi) is 3.41. The average molecular weight is 250 g/mol. The standard InChI is InChI=1S/C13H18N2O3/c1-8-7-11(13(17)18)9(2)15(8)6-5-12(16)14-10-3-4-10/h7,10H,3-6H2,1-2H3,(H,14,16)(H,17,18). The van der Waals surface area contributed by atoms with Gasteiger partial charge in [0.2, 0.25) is 5.91 Å². The second kappa shape index (κ2) is 4.84. The van der Waals surface area contributed by atoms with Crippen molar-refractivity contribution in [2.24, 2.45) is 0 Å². The molecule has 0 bridgehead atoms. The van der Waals surface area contributed by atoms with E-state index in [9.17, 15) is 9.59 Å². The molecule has 5 heteroatoms. The van der Waals surface area contributed by atoms with Crippen molar-refractivity contribution in [3.05, 3.63) is 23.0 Å². The molecule has 1 aromatic heterocycles. The van der Waals surface area contributed by atoms with Crippen molar-refractivity contribution in [3.63, 3.8) is 0 Å². The second-order valence-corrected chi connectivity index (χ2v) is 4.83. The zero-order valence-corrected chi connectivity index (χ0v) is 10.7. The topological polar surface area (TPSA) is 71.3 Å². The zero-order valence-electron chi connectivity index (χ0n) is 10.7. The lowest BCUT2D eigenvalue weighted by Crippen LogP contribution is -2.26. The predicted molar refractivity (Wildman–Crippen MR) is 66.6 cm³/mol. The third-order valence-electron chi connectivity index (χ3n) is 3.31. The van der Waals surface area contributed by atoms with Crippen LogP contribution in [0.1, 0.15) is 41.0 Å². The fourth-order valence-electron chi connectivity index (χ4n) is 2.10. The summed E-state index contributed by atoms with van der Waals surface area (Å²) in [5.74, 6) is -0.876. The highest BCUT2D eigenvalue weighted by atomic mass is 16.4. The van der Waals surface area contributed by atoms with E-state index in [4.69, 9.17) is 5.11 Å². The molecule has 0 atom stereocenters. The van der Waals surface area contributed by atoms with Crippen LogP contribution < -0.4 is 5.32 Å². The van der Waals surface area contributed by atoms with Crippen LogP contribution in [0.25, 0.3) is 0 Å². The highest BCUT2D eigenvalue weighted by Gasteiger charge is 2.23. The minimum absolute atomic E-state index is 0.0434. The molecule has 1 amide bonds. The van der Waals surface area contributed by atoms with Gasteiger partial charge >= 0.3 is 5.97 Å². The molecule has 1 fully saturated rings. The first-order chi connectivity index (χ1) is 8.49. The Morgan fingerprint density at radius 1 is 1.44 bits per heavy atom. The highest BCUT2D eigenvalue weighted by molar-refractivity contribution is 5.89. The van der Waals surface area contributed by atoms with E-state index >= 15 is 0 Å². The molecule has 1 aliphatic rings. The SMILES string of the molecule is Cc1cc(C(=O)O)c(C)n1CCC(=O)NC1CC1. The van der Waals surface area contributed by atoms with Crippen LogP contribution in [0.4, 0.5) is 0 Å². The maximum absolute atomic E-state index is 11.6. The average Bonchev–Trinajstić information content (AvgIpc) is 3.04. The molecular formula is C13H18N2O3. The molecule has 1 aromatic rings. The van der Waals surface area contributed by atoms with Gasteiger partial charge in [-0.05, 0) is 32.8 Å². The van der Waals surface area contributed by atoms with E-state index in [-0.39, 0.29) is 5.91 Å². The third-order valence-corrected chi connectivity index (χ3v) is 3.31. The minimum Gasteiger partial charge on any atom is -0.478 e. The fraction of sp³-hybridized carbons (Fsp3) is 0.538. The third kappa shape index (κ3) is 2.72. The molecule has 1 saturated carbocycles. The first-order valence-electron chi connectivity index (χ1n) is 6.18. The number of hydrogen-bond acceptors (Lipinski definition) is 2. The van der Waals surface area contributed by atoms with E-state index in [1.807, 2.05) is 11.5 Å². The van der Waals surface area contributed by atoms with E-state index in [0.29, 0.717) is 30.3 Å². The monoisotopic (exact) mass is 250 g/mol. The van der Waals surface area contributed by atoms with Gasteiger partial charge in [-0.3, -0.25) is 4.79 Å². The lowest BCUT2D eigenvalue weighted by molar-refractivity contribution is -0.121. The van der Waals surface area contributed by atoms with Gasteiger partial charge in [0.15, 0.2) is 0 Å². The smallest absolute Gasteiger partial charge is 0.337 e. The molecule has 0 spiro atoms. The van der Waals surface area contributed by atoms with Crippen LogP contribution in [-0.4, -0.2) is 27.6 Å². The Morgan fingerprint density at radius 2 is 2.11 bits per heavy atom. The molecule has 98 valence electrons. The van der Waals surface area contributed by atoms with Crippen LogP contribution in [0.2, 0.25) is 0 Å². The van der Waals surface area contributed by atoms with Crippen molar-refractivity contribution >= 4 is 11.9 Å². The number of rotatable bonds is 5. The number of carboxylic acids is 1. The summed E-state index contributed by atoms with van der Waals surface area (Å²) in [5, 5.41) is 11.9. The highest BCUT2D eigenvalue weighted by Crippen LogP contribution is 2.19. The maximum atomic E-state index is 11.6. The molecule has 0 aliphatic heterocycles. The number of nitrogens with zero attached hydrogens (tertiary/aromatic N) is 1. The summed E-state index contributed by atoms with van der Waals surface area (Å²) in [6.45, 7) is 4.16. The minimum atomic E-state index is -0.920. The molecular weight excluding hydrogens is 232 g/mol. The van der Waals surface area contributed by atoms with Gasteiger partial charge in [-0.25, -0.2) is 4.79 Å². The maximum Gasteiger partial charge on any atom is 0.337 e. The number of aromatic carboxylic acids is 1. The lowest BCUT2D eigenvalue weighted by atomic mass is 10.2. The number of carbonyl (C=O) groups excluding carboxylic acids is 1. The molecule has 0 aromatic carbocycles. The Balaban J connectivity index is 1.99. The van der Waals surface area contributed by atoms with Crippen LogP contribution in [-0.2, 0) is 11.3 Å². The van der Waals surface area contributed by atoms with Gasteiger partial charge in [-0.1, -0.05) is 0 Å². The Bertz CT molecular complexity index is 487. The lowest BCUT2D eigenvalue weighted by Gasteiger charge is -2.09. The molecule has 0 saturated heterocycles. The summed E-state index contributed by atoms with van der Waals surface area (Å²) in [6, 6.07) is 2.02. The van der Waals surface area contributed by atoms with Crippen LogP contribution >= 0.6 is 0 Å². The van der Waals surface area contributed by atoms with Gasteiger partial charge in [-0.15, -0.1) is 0 Å². The van der Waals surface area contributed by atoms with Crippen molar-refractivity contribution in [1.82, 2.24) is 9.88 Å². The number of nitrogens with one attached hydrogen (secondary N) is 1. The van der Waals surface area contributed by atoms with E-state index in [1.165, 1.54) is 0 Å². The first kappa shape index (κ1) is 12.7. The van der Waals surface area contributed by atoms with Crippen LogP contribution in [0.3, 0.4) is 0 Å². The summed E-state index contributed by atoms with van der Waals surface area (Å²) in [6.07, 6.45) is 2.55. The fourth-order valence-corrected chi connectivity index (χ4v) is 2.10. The second-order valence-electron chi connectivity index (χ2n) is 4.83. The van der Waals surface area contributed by atoms with E-state index in [1.54, 1.807) is 13.0 Å². The number of carboxylic acid groups (broad SMARTS) is 1. The molecule has 0 unspecified atom stereocenters. The van der Waals surface area contributed by atoms with Gasteiger partial charge in [0.1, 0.15) is 0 Å². The van der Waals surface area contributed by atoms with Gasteiger partial charge in [0.25, 0.3) is 0 Å². The van der Waals surface area contributed by atoms with Crippen LogP contribution in [0.5, 0.6) is 0 Å². The van der Waals surface area contributed by atoms with Gasteiger partial charge in [0, 0.05) is 30.4 Å². The van der Waals surface area contributed by atoms with Crippen molar-refractivity contribution in [2.45, 2.75) is 45.7 Å². The van der Waals surface area contributed by atoms with E-state index in [0.717, 1.165) is 18.5 Å². The summed E-state index contributed by atoms with van der Waals surface area (Å²) < 4.78 is 1.88. The number of carbonyl (C=O) groups is 2. The Hall–Kier alpha value is -1.78. The van der Waals surface area contributed by atoms with E-state index in [2.05, 4.69) is 5.32 Å². The summed E-state index contributed by atoms with van der Waals surface area (Å²) in [4.78, 5) is 22.6. The quantitative estimate of drug-likeness (QED) is 0.831. The van der Waals surface area contributed by atoms with Gasteiger partial charge in [-0.2, -0.15) is 0 Å². The van der Waals surface area contributed by atoms with Crippen molar-refractivity contribution in [3.8, 4) is 0 Å². The normalized spacial score (nSPS) is 14.6. The largest absolute Gasteiger partial charge is 0.478 e. The number of hydrogen-bond donors (Lipinski definition) is 2. The van der Waals surface area contributed by atoms with Crippen molar-refractivity contribution < 1.29 is 14.7 Å². The molecule has 5 nitrogen and oxygen atoms in total. The van der Waals surface area contributed by atoms with Crippen molar-refractivity contribution in [1.29, 1.82) is 0 Å². The predicted octanol–water partition coefficient (Wildman–Crippen LogP) is 1.47. The molecule has 2 rings (SSSR count). The summed E-state index contributed by atoms with van der Waals surface area (Å²) in [7, 11) is 0. The molecule has 18 heavy (non-hydrogen) atoms. The molecule has 1 aliphatic carbocycles. The van der Waals surface area contributed by atoms with Crippen LogP contribution in [0, 0.1) is 13.8 Å². The summed E-state index contributed by atoms with van der Waals surface area (Å²) in [5.41, 5.74) is 1.90. The number of aryl methyl sites for hydroxylation is 1.